The molecule has 1 aromatic heterocycles. The molecule has 78 valence electrons. The highest BCUT2D eigenvalue weighted by molar-refractivity contribution is 9.11. The summed E-state index contributed by atoms with van der Waals surface area (Å²) < 4.78 is 1.02. The van der Waals surface area contributed by atoms with Crippen molar-refractivity contribution in [3.05, 3.63) is 26.4 Å². The van der Waals surface area contributed by atoms with E-state index in [4.69, 9.17) is 0 Å². The zero-order valence-corrected chi connectivity index (χ0v) is 10.4. The molecule has 5 heteroatoms. The van der Waals surface area contributed by atoms with Gasteiger partial charge in [-0.2, -0.15) is 0 Å². The van der Waals surface area contributed by atoms with E-state index in [0.717, 1.165) is 14.2 Å². The highest BCUT2D eigenvalue weighted by Crippen LogP contribution is 2.31. The van der Waals surface area contributed by atoms with Crippen LogP contribution in [0.25, 0.3) is 5.57 Å². The zero-order valence-electron chi connectivity index (χ0n) is 7.96. The van der Waals surface area contributed by atoms with Crippen LogP contribution < -0.4 is 5.32 Å². The molecule has 1 N–H and O–H groups in total. The summed E-state index contributed by atoms with van der Waals surface area (Å²) in [7, 11) is 0. The maximum absolute atomic E-state index is 11.4. The molecule has 1 aliphatic rings. The summed E-state index contributed by atoms with van der Waals surface area (Å²) in [5.74, 6) is -0.480. The fourth-order valence-corrected chi connectivity index (χ4v) is 2.87. The Labute approximate surface area is 99.3 Å². The molecule has 2 rings (SSSR count). The zero-order chi connectivity index (χ0) is 11.0. The molecule has 0 unspecified atom stereocenters. The van der Waals surface area contributed by atoms with Crippen molar-refractivity contribution in [1.29, 1.82) is 0 Å². The number of imide groups is 1. The van der Waals surface area contributed by atoms with Crippen LogP contribution in [-0.4, -0.2) is 11.8 Å². The van der Waals surface area contributed by atoms with E-state index in [9.17, 15) is 9.59 Å². The van der Waals surface area contributed by atoms with Crippen LogP contribution in [0, 0.1) is 0 Å². The molecule has 0 spiro atoms. The fourth-order valence-electron chi connectivity index (χ4n) is 1.45. The lowest BCUT2D eigenvalue weighted by atomic mass is 10.1. The molecule has 3 nitrogen and oxygen atoms in total. The van der Waals surface area contributed by atoms with Crippen LogP contribution >= 0.6 is 27.3 Å². The number of carbonyl (C=O) groups excluding carboxylic acids is 2. The van der Waals surface area contributed by atoms with Crippen molar-refractivity contribution in [1.82, 2.24) is 5.32 Å². The van der Waals surface area contributed by atoms with Gasteiger partial charge in [0.15, 0.2) is 0 Å². The second-order valence-corrected chi connectivity index (χ2v) is 5.72. The molecule has 2 amide bonds. The predicted octanol–water partition coefficient (Wildman–Crippen LogP) is 2.33. The summed E-state index contributed by atoms with van der Waals surface area (Å²) in [4.78, 5) is 23.5. The average Bonchev–Trinajstić information content (AvgIpc) is 2.71. The first-order chi connectivity index (χ1) is 7.08. The molecule has 1 aromatic rings. The van der Waals surface area contributed by atoms with E-state index in [2.05, 4.69) is 21.2 Å². The number of nitrogens with one attached hydrogen (secondary N) is 1. The van der Waals surface area contributed by atoms with Crippen molar-refractivity contribution < 1.29 is 9.59 Å². The monoisotopic (exact) mass is 285 g/mol. The predicted molar refractivity (Wildman–Crippen MR) is 62.4 cm³/mol. The lowest BCUT2D eigenvalue weighted by molar-refractivity contribution is -0.124. The summed E-state index contributed by atoms with van der Waals surface area (Å²) in [6, 6.07) is 3.87. The average molecular weight is 286 g/mol. The molecule has 1 fully saturated rings. The molecular formula is C10H8BrNO2S. The van der Waals surface area contributed by atoms with Gasteiger partial charge in [0.25, 0.3) is 5.91 Å². The number of halogens is 1. The van der Waals surface area contributed by atoms with E-state index in [0.29, 0.717) is 5.57 Å². The lowest BCUT2D eigenvalue weighted by Gasteiger charge is -1.99. The van der Waals surface area contributed by atoms with Gasteiger partial charge in [-0.15, -0.1) is 11.3 Å². The van der Waals surface area contributed by atoms with Gasteiger partial charge < -0.3 is 0 Å². The first-order valence-corrected chi connectivity index (χ1v) is 5.98. The van der Waals surface area contributed by atoms with Gasteiger partial charge in [0.05, 0.1) is 10.2 Å². The second-order valence-electron chi connectivity index (χ2n) is 3.26. The molecule has 0 atom stereocenters. The summed E-state index contributed by atoms with van der Waals surface area (Å²) in [5.41, 5.74) is 1.46. The van der Waals surface area contributed by atoms with E-state index in [-0.39, 0.29) is 18.2 Å². The minimum absolute atomic E-state index is 0.195. The van der Waals surface area contributed by atoms with E-state index in [1.165, 1.54) is 0 Å². The first-order valence-electron chi connectivity index (χ1n) is 4.37. The van der Waals surface area contributed by atoms with E-state index in [1.807, 2.05) is 19.1 Å². The highest BCUT2D eigenvalue weighted by atomic mass is 79.9. The largest absolute Gasteiger partial charge is 0.292 e. The third-order valence-corrected chi connectivity index (χ3v) is 4.00. The van der Waals surface area contributed by atoms with Crippen LogP contribution in [0.2, 0.25) is 0 Å². The SMILES string of the molecule is CC(=C1CC(=O)NC1=O)c1ccc(Br)s1. The van der Waals surface area contributed by atoms with Crippen molar-refractivity contribution in [2.24, 2.45) is 0 Å². The van der Waals surface area contributed by atoms with Gasteiger partial charge in [-0.1, -0.05) is 0 Å². The Hall–Kier alpha value is -0.940. The topological polar surface area (TPSA) is 46.2 Å². The maximum Gasteiger partial charge on any atom is 0.254 e. The lowest BCUT2D eigenvalue weighted by Crippen LogP contribution is -2.19. The smallest absolute Gasteiger partial charge is 0.254 e. The van der Waals surface area contributed by atoms with Gasteiger partial charge in [-0.25, -0.2) is 0 Å². The molecular weight excluding hydrogens is 278 g/mol. The molecule has 1 aliphatic heterocycles. The molecule has 2 heterocycles. The third kappa shape index (κ3) is 2.03. The van der Waals surface area contributed by atoms with Crippen LogP contribution in [0.5, 0.6) is 0 Å². The van der Waals surface area contributed by atoms with Crippen molar-refractivity contribution >= 4 is 44.7 Å². The summed E-state index contributed by atoms with van der Waals surface area (Å²) in [6.07, 6.45) is 0.195. The molecule has 1 saturated heterocycles. The third-order valence-electron chi connectivity index (χ3n) is 2.26. The quantitative estimate of drug-likeness (QED) is 0.636. The van der Waals surface area contributed by atoms with Crippen molar-refractivity contribution in [3.8, 4) is 0 Å². The van der Waals surface area contributed by atoms with Gasteiger partial charge in [0.2, 0.25) is 5.91 Å². The number of hydrogen-bond acceptors (Lipinski definition) is 3. The summed E-state index contributed by atoms with van der Waals surface area (Å²) in [6.45, 7) is 1.87. The number of hydrogen-bond donors (Lipinski definition) is 1. The standard InChI is InChI=1S/C10H8BrNO2S/c1-5(7-2-3-8(11)15-7)6-4-9(13)12-10(6)14/h2-3H,4H2,1H3,(H,12,13,14). The van der Waals surface area contributed by atoms with Crippen LogP contribution in [0.15, 0.2) is 21.5 Å². The van der Waals surface area contributed by atoms with Crippen LogP contribution in [-0.2, 0) is 9.59 Å². The second kappa shape index (κ2) is 3.90. The number of rotatable bonds is 1. The molecule has 0 aromatic carbocycles. The Morgan fingerprint density at radius 2 is 2.20 bits per heavy atom. The van der Waals surface area contributed by atoms with Crippen LogP contribution in [0.3, 0.4) is 0 Å². The van der Waals surface area contributed by atoms with Crippen molar-refractivity contribution in [2.45, 2.75) is 13.3 Å². The van der Waals surface area contributed by atoms with Gasteiger partial charge in [-0.3, -0.25) is 14.9 Å². The Kier molecular flexibility index (Phi) is 2.75. The Bertz CT molecular complexity index is 476. The molecule has 0 radical (unpaired) electrons. The van der Waals surface area contributed by atoms with Gasteiger partial charge >= 0.3 is 0 Å². The Morgan fingerprint density at radius 1 is 1.47 bits per heavy atom. The maximum atomic E-state index is 11.4. The highest BCUT2D eigenvalue weighted by Gasteiger charge is 2.26. The molecule has 0 bridgehead atoms. The van der Waals surface area contributed by atoms with E-state index >= 15 is 0 Å². The van der Waals surface area contributed by atoms with Gasteiger partial charge in [-0.05, 0) is 40.6 Å². The molecule has 15 heavy (non-hydrogen) atoms. The Morgan fingerprint density at radius 3 is 2.67 bits per heavy atom. The van der Waals surface area contributed by atoms with E-state index in [1.54, 1.807) is 11.3 Å². The van der Waals surface area contributed by atoms with Crippen LogP contribution in [0.4, 0.5) is 0 Å². The van der Waals surface area contributed by atoms with Crippen LogP contribution in [0.1, 0.15) is 18.2 Å². The first kappa shape index (κ1) is 10.6. The number of allylic oxidation sites excluding steroid dienone is 1. The molecule has 0 aliphatic carbocycles. The minimum Gasteiger partial charge on any atom is -0.292 e. The minimum atomic E-state index is -0.262. The number of carbonyl (C=O) groups is 2. The number of amides is 2. The van der Waals surface area contributed by atoms with Crippen molar-refractivity contribution in [3.63, 3.8) is 0 Å². The van der Waals surface area contributed by atoms with Gasteiger partial charge in [0, 0.05) is 10.5 Å². The Balaban J connectivity index is 2.41. The summed E-state index contributed by atoms with van der Waals surface area (Å²) in [5, 5.41) is 2.28. The molecule has 0 saturated carbocycles. The summed E-state index contributed by atoms with van der Waals surface area (Å²) >= 11 is 4.92. The number of thiophene rings is 1. The van der Waals surface area contributed by atoms with E-state index < -0.39 is 0 Å². The van der Waals surface area contributed by atoms with Gasteiger partial charge in [0.1, 0.15) is 0 Å². The normalized spacial score (nSPS) is 19.3. The fraction of sp³-hybridized carbons (Fsp3) is 0.200. The van der Waals surface area contributed by atoms with Crippen molar-refractivity contribution in [2.75, 3.05) is 0 Å².